The number of aromatic nitrogens is 3. The molecule has 0 spiro atoms. The number of anilines is 2. The maximum Gasteiger partial charge on any atom is 0.325 e. The number of H-pyrrole nitrogens is 1. The maximum absolute atomic E-state index is 13.3. The van der Waals surface area contributed by atoms with Crippen LogP contribution in [-0.4, -0.2) is 33.9 Å². The number of nitrogens with one attached hydrogen (secondary N) is 3. The molecular weight excluding hydrogens is 486 g/mol. The van der Waals surface area contributed by atoms with E-state index in [0.29, 0.717) is 27.7 Å². The van der Waals surface area contributed by atoms with E-state index in [0.717, 1.165) is 40.1 Å². The number of aryl methyl sites for hydroxylation is 3. The van der Waals surface area contributed by atoms with Gasteiger partial charge in [-0.25, -0.2) is 14.8 Å². The van der Waals surface area contributed by atoms with Crippen molar-refractivity contribution in [3.63, 3.8) is 0 Å². The summed E-state index contributed by atoms with van der Waals surface area (Å²) in [4.78, 5) is 39.4. The van der Waals surface area contributed by atoms with Gasteiger partial charge < -0.3 is 15.0 Å². The minimum atomic E-state index is -0.476. The van der Waals surface area contributed by atoms with E-state index >= 15 is 0 Å². The number of ketones is 1. The van der Waals surface area contributed by atoms with E-state index < -0.39 is 6.03 Å². The Labute approximate surface area is 217 Å². The number of imidazole rings is 1. The van der Waals surface area contributed by atoms with Crippen molar-refractivity contribution in [3.05, 3.63) is 100 Å². The summed E-state index contributed by atoms with van der Waals surface area (Å²) in [6, 6.07) is 19.8. The fourth-order valence-corrected chi connectivity index (χ4v) is 4.84. The molecule has 0 aliphatic carbocycles. The highest BCUT2D eigenvalue weighted by Gasteiger charge is 2.19. The molecular formula is C28H25N5O3S. The standard InChI is InChI=1S/C28H25N5O3S/c1-17-11-13-21(20(15-17)26(34)19-7-3-6-10-24(19)36-2)32-27(35)33-28-29-16-18(37-28)12-14-25-30-22-8-4-5-9-23(22)31-25/h3-11,13,15-16H,12,14H2,1-2H3,(H,30,31)(H2,29,32,33,35). The van der Waals surface area contributed by atoms with Crippen LogP contribution < -0.4 is 15.4 Å². The Morgan fingerprint density at radius 2 is 1.78 bits per heavy atom. The van der Waals surface area contributed by atoms with E-state index in [1.54, 1.807) is 42.6 Å². The topological polar surface area (TPSA) is 109 Å². The van der Waals surface area contributed by atoms with Gasteiger partial charge in [0.1, 0.15) is 11.6 Å². The monoisotopic (exact) mass is 511 g/mol. The second-order valence-corrected chi connectivity index (χ2v) is 9.61. The van der Waals surface area contributed by atoms with Crippen LogP contribution in [0, 0.1) is 6.92 Å². The van der Waals surface area contributed by atoms with E-state index in [4.69, 9.17) is 4.74 Å². The normalized spacial score (nSPS) is 10.9. The zero-order chi connectivity index (χ0) is 25.8. The molecule has 5 aromatic rings. The lowest BCUT2D eigenvalue weighted by Crippen LogP contribution is -2.21. The summed E-state index contributed by atoms with van der Waals surface area (Å²) >= 11 is 1.40. The molecule has 5 rings (SSSR count). The average molecular weight is 512 g/mol. The Hall–Kier alpha value is -4.50. The summed E-state index contributed by atoms with van der Waals surface area (Å²) in [5.74, 6) is 1.15. The number of carbonyl (C=O) groups is 2. The molecule has 0 saturated heterocycles. The third-order valence-electron chi connectivity index (χ3n) is 5.84. The fraction of sp³-hybridized carbons (Fsp3) is 0.143. The lowest BCUT2D eigenvalue weighted by atomic mass is 9.99. The van der Waals surface area contributed by atoms with Crippen LogP contribution in [0.3, 0.4) is 0 Å². The van der Waals surface area contributed by atoms with Crippen LogP contribution in [0.1, 0.15) is 32.2 Å². The lowest BCUT2D eigenvalue weighted by molar-refractivity contribution is 0.103. The van der Waals surface area contributed by atoms with Crippen LogP contribution in [0.2, 0.25) is 0 Å². The fourth-order valence-electron chi connectivity index (χ4n) is 4.03. The molecule has 0 saturated carbocycles. The van der Waals surface area contributed by atoms with Gasteiger partial charge in [0.15, 0.2) is 10.9 Å². The van der Waals surface area contributed by atoms with Gasteiger partial charge in [-0.1, -0.05) is 35.9 Å². The molecule has 0 atom stereocenters. The van der Waals surface area contributed by atoms with Gasteiger partial charge >= 0.3 is 6.03 Å². The van der Waals surface area contributed by atoms with Crippen molar-refractivity contribution >= 4 is 45.0 Å². The van der Waals surface area contributed by atoms with Crippen molar-refractivity contribution in [3.8, 4) is 5.75 Å². The van der Waals surface area contributed by atoms with E-state index in [1.165, 1.54) is 18.4 Å². The van der Waals surface area contributed by atoms with Crippen LogP contribution in [0.15, 0.2) is 72.9 Å². The number of urea groups is 1. The first-order chi connectivity index (χ1) is 18.0. The molecule has 0 radical (unpaired) electrons. The molecule has 9 heteroatoms. The number of methoxy groups -OCH3 is 1. The Balaban J connectivity index is 1.25. The molecule has 8 nitrogen and oxygen atoms in total. The Kier molecular flexibility index (Phi) is 6.96. The van der Waals surface area contributed by atoms with Crippen LogP contribution >= 0.6 is 11.3 Å². The Morgan fingerprint density at radius 3 is 2.62 bits per heavy atom. The first kappa shape index (κ1) is 24.2. The van der Waals surface area contributed by atoms with Crippen molar-refractivity contribution in [2.75, 3.05) is 17.7 Å². The molecule has 186 valence electrons. The maximum atomic E-state index is 13.3. The molecule has 37 heavy (non-hydrogen) atoms. The number of fused-ring (bicyclic) bond motifs is 1. The first-order valence-corrected chi connectivity index (χ1v) is 12.6. The lowest BCUT2D eigenvalue weighted by Gasteiger charge is -2.13. The largest absolute Gasteiger partial charge is 0.496 e. The number of aromatic amines is 1. The highest BCUT2D eigenvalue weighted by atomic mass is 32.1. The number of thiazole rings is 1. The van der Waals surface area contributed by atoms with Crippen LogP contribution in [0.4, 0.5) is 15.6 Å². The van der Waals surface area contributed by atoms with Crippen LogP contribution in [0.25, 0.3) is 11.0 Å². The number of ether oxygens (including phenoxy) is 1. The number of para-hydroxylation sites is 3. The smallest absolute Gasteiger partial charge is 0.325 e. The SMILES string of the molecule is COc1ccccc1C(=O)c1cc(C)ccc1NC(=O)Nc1ncc(CCc2nc3ccccc3[nH]2)s1. The van der Waals surface area contributed by atoms with Gasteiger partial charge in [-0.05, 0) is 49.7 Å². The molecule has 2 amide bonds. The average Bonchev–Trinajstić information content (AvgIpc) is 3.54. The van der Waals surface area contributed by atoms with Gasteiger partial charge in [-0.15, -0.1) is 11.3 Å². The van der Waals surface area contributed by atoms with E-state index in [-0.39, 0.29) is 5.78 Å². The number of carbonyl (C=O) groups excluding carboxylic acids is 2. The number of benzene rings is 3. The third-order valence-corrected chi connectivity index (χ3v) is 6.81. The number of amides is 2. The van der Waals surface area contributed by atoms with Gasteiger partial charge in [-0.3, -0.25) is 10.1 Å². The zero-order valence-electron chi connectivity index (χ0n) is 20.4. The van der Waals surface area contributed by atoms with E-state index in [2.05, 4.69) is 25.6 Å². The zero-order valence-corrected chi connectivity index (χ0v) is 21.2. The third kappa shape index (κ3) is 5.52. The van der Waals surface area contributed by atoms with Gasteiger partial charge in [0, 0.05) is 23.1 Å². The minimum absolute atomic E-state index is 0.237. The predicted molar refractivity (Wildman–Crippen MR) is 146 cm³/mol. The molecule has 3 aromatic carbocycles. The first-order valence-electron chi connectivity index (χ1n) is 11.7. The second-order valence-electron chi connectivity index (χ2n) is 8.49. The van der Waals surface area contributed by atoms with Crippen molar-refractivity contribution in [2.24, 2.45) is 0 Å². The van der Waals surface area contributed by atoms with Gasteiger partial charge in [0.05, 0.1) is 29.4 Å². The molecule has 0 bridgehead atoms. The molecule has 0 unspecified atom stereocenters. The van der Waals surface area contributed by atoms with E-state index in [9.17, 15) is 9.59 Å². The van der Waals surface area contributed by atoms with E-state index in [1.807, 2.05) is 37.3 Å². The molecule has 0 aliphatic heterocycles. The summed E-state index contributed by atoms with van der Waals surface area (Å²) in [5, 5.41) is 6.04. The van der Waals surface area contributed by atoms with Crippen molar-refractivity contribution < 1.29 is 14.3 Å². The number of hydrogen-bond acceptors (Lipinski definition) is 6. The molecule has 2 aromatic heterocycles. The summed E-state index contributed by atoms with van der Waals surface area (Å²) in [6.45, 7) is 1.89. The molecule has 2 heterocycles. The van der Waals surface area contributed by atoms with Gasteiger partial charge in [0.2, 0.25) is 0 Å². The van der Waals surface area contributed by atoms with Crippen molar-refractivity contribution in [1.29, 1.82) is 0 Å². The second kappa shape index (κ2) is 10.6. The quantitative estimate of drug-likeness (QED) is 0.222. The summed E-state index contributed by atoms with van der Waals surface area (Å²) in [7, 11) is 1.52. The predicted octanol–water partition coefficient (Wildman–Crippen LogP) is 6.00. The highest BCUT2D eigenvalue weighted by molar-refractivity contribution is 7.15. The molecule has 0 fully saturated rings. The number of rotatable bonds is 8. The summed E-state index contributed by atoms with van der Waals surface area (Å²) in [5.41, 5.74) is 4.07. The number of nitrogens with zero attached hydrogens (tertiary/aromatic N) is 2. The molecule has 3 N–H and O–H groups in total. The minimum Gasteiger partial charge on any atom is -0.496 e. The van der Waals surface area contributed by atoms with Crippen molar-refractivity contribution in [2.45, 2.75) is 19.8 Å². The molecule has 0 aliphatic rings. The summed E-state index contributed by atoms with van der Waals surface area (Å²) in [6.07, 6.45) is 3.24. The van der Waals surface area contributed by atoms with Gasteiger partial charge in [0.25, 0.3) is 0 Å². The van der Waals surface area contributed by atoms with Crippen LogP contribution in [-0.2, 0) is 12.8 Å². The van der Waals surface area contributed by atoms with Crippen molar-refractivity contribution in [1.82, 2.24) is 15.0 Å². The van der Waals surface area contributed by atoms with Crippen LogP contribution in [0.5, 0.6) is 5.75 Å². The van der Waals surface area contributed by atoms with Gasteiger partial charge in [-0.2, -0.15) is 0 Å². The summed E-state index contributed by atoms with van der Waals surface area (Å²) < 4.78 is 5.35. The Morgan fingerprint density at radius 1 is 0.973 bits per heavy atom. The highest BCUT2D eigenvalue weighted by Crippen LogP contribution is 2.27. The Bertz CT molecular complexity index is 1560. The number of hydrogen-bond donors (Lipinski definition) is 3.